The van der Waals surface area contributed by atoms with Crippen molar-refractivity contribution in [1.82, 2.24) is 15.5 Å². The van der Waals surface area contributed by atoms with Gasteiger partial charge in [-0.3, -0.25) is 24.0 Å². The predicted molar refractivity (Wildman–Crippen MR) is 127 cm³/mol. The van der Waals surface area contributed by atoms with Gasteiger partial charge in [-0.1, -0.05) is 12.1 Å². The van der Waals surface area contributed by atoms with Crippen LogP contribution in [-0.4, -0.2) is 86.5 Å². The molecule has 0 bridgehead atoms. The van der Waals surface area contributed by atoms with Crippen LogP contribution in [0.3, 0.4) is 0 Å². The number of carbonyl (C=O) groups excluding carboxylic acids is 4. The Hall–Kier alpha value is -4.20. The highest BCUT2D eigenvalue weighted by Gasteiger charge is 2.39. The van der Waals surface area contributed by atoms with Crippen molar-refractivity contribution in [3.63, 3.8) is 0 Å². The standard InChI is InChI=1S/C23H31N5O9/c24-14(11-18(25)30)20(33)27-16(10-12-3-5-13(29)6-4-12)22(35)28-9-1-2-17(28)21(34)26-15(23(36)37)7-8-19(31)32/h3-6,14-17,29H,1-2,7-11,24H2,(H2,25,30)(H,26,34)(H,27,33)(H,31,32)(H,36,37). The molecule has 0 aromatic heterocycles. The van der Waals surface area contributed by atoms with Gasteiger partial charge < -0.3 is 42.3 Å². The third-order valence-electron chi connectivity index (χ3n) is 5.85. The zero-order valence-corrected chi connectivity index (χ0v) is 20.0. The number of nitrogens with two attached hydrogens (primary N) is 2. The maximum atomic E-state index is 13.5. The average molecular weight is 522 g/mol. The zero-order valence-electron chi connectivity index (χ0n) is 20.0. The molecule has 0 saturated carbocycles. The number of carboxylic acids is 2. The van der Waals surface area contributed by atoms with E-state index in [-0.39, 0.29) is 31.6 Å². The molecule has 9 N–H and O–H groups in total. The third kappa shape index (κ3) is 8.75. The molecule has 4 amide bonds. The minimum atomic E-state index is -1.46. The molecule has 14 nitrogen and oxygen atoms in total. The van der Waals surface area contributed by atoms with Crippen LogP contribution in [0.25, 0.3) is 0 Å². The number of carbonyl (C=O) groups is 6. The fourth-order valence-corrected chi connectivity index (χ4v) is 3.95. The first-order valence-corrected chi connectivity index (χ1v) is 11.6. The molecule has 1 fully saturated rings. The maximum absolute atomic E-state index is 13.5. The lowest BCUT2D eigenvalue weighted by Gasteiger charge is -2.30. The monoisotopic (exact) mass is 521 g/mol. The normalized spacial score (nSPS) is 17.3. The summed E-state index contributed by atoms with van der Waals surface area (Å²) in [6, 6.07) is 0.860. The number of primary amides is 1. The smallest absolute Gasteiger partial charge is 0.326 e. The lowest BCUT2D eigenvalue weighted by atomic mass is 10.0. The lowest BCUT2D eigenvalue weighted by molar-refractivity contribution is -0.145. The molecule has 1 aromatic rings. The van der Waals surface area contributed by atoms with Gasteiger partial charge in [0.05, 0.1) is 12.5 Å². The van der Waals surface area contributed by atoms with E-state index < -0.39 is 72.6 Å². The number of nitrogens with one attached hydrogen (secondary N) is 2. The number of hydrogen-bond donors (Lipinski definition) is 7. The van der Waals surface area contributed by atoms with Crippen LogP contribution in [0.4, 0.5) is 0 Å². The summed E-state index contributed by atoms with van der Waals surface area (Å²) >= 11 is 0. The summed E-state index contributed by atoms with van der Waals surface area (Å²) in [5.41, 5.74) is 11.4. The zero-order chi connectivity index (χ0) is 27.7. The minimum absolute atomic E-state index is 0.00805. The number of aliphatic carboxylic acids is 2. The minimum Gasteiger partial charge on any atom is -0.508 e. The quantitative estimate of drug-likeness (QED) is 0.151. The fraction of sp³-hybridized carbons (Fsp3) is 0.478. The number of carboxylic acid groups (broad SMARTS) is 2. The van der Waals surface area contributed by atoms with Gasteiger partial charge in [-0.05, 0) is 37.0 Å². The Balaban J connectivity index is 2.22. The van der Waals surface area contributed by atoms with Crippen LogP contribution < -0.4 is 22.1 Å². The molecule has 1 aliphatic rings. The van der Waals surface area contributed by atoms with Crippen molar-refractivity contribution in [2.75, 3.05) is 6.54 Å². The van der Waals surface area contributed by atoms with Gasteiger partial charge in [0.1, 0.15) is 23.9 Å². The van der Waals surface area contributed by atoms with Crippen LogP contribution in [0.2, 0.25) is 0 Å². The second-order valence-electron chi connectivity index (χ2n) is 8.73. The molecule has 37 heavy (non-hydrogen) atoms. The van der Waals surface area contributed by atoms with Crippen LogP contribution >= 0.6 is 0 Å². The van der Waals surface area contributed by atoms with Gasteiger partial charge in [0.2, 0.25) is 23.6 Å². The topological polar surface area (TPSA) is 242 Å². The SMILES string of the molecule is NC(=O)CC(N)C(=O)NC(Cc1ccc(O)cc1)C(=O)N1CCCC1C(=O)NC(CCC(=O)O)C(=O)O. The van der Waals surface area contributed by atoms with E-state index in [1.54, 1.807) is 12.1 Å². The highest BCUT2D eigenvalue weighted by atomic mass is 16.4. The summed E-state index contributed by atoms with van der Waals surface area (Å²) in [7, 11) is 0. The van der Waals surface area contributed by atoms with Crippen LogP contribution in [0.1, 0.15) is 37.7 Å². The molecule has 202 valence electrons. The summed E-state index contributed by atoms with van der Waals surface area (Å²) in [5, 5.41) is 32.5. The van der Waals surface area contributed by atoms with Gasteiger partial charge in [-0.15, -0.1) is 0 Å². The number of phenols is 1. The molecule has 4 atom stereocenters. The molecule has 14 heteroatoms. The molecular weight excluding hydrogens is 490 g/mol. The Kier molecular flexibility index (Phi) is 10.4. The summed E-state index contributed by atoms with van der Waals surface area (Å²) in [6.45, 7) is 0.152. The van der Waals surface area contributed by atoms with Gasteiger partial charge in [0.15, 0.2) is 0 Å². The summed E-state index contributed by atoms with van der Waals surface area (Å²) in [5.74, 6) is -5.66. The number of likely N-dealkylation sites (tertiary alicyclic amines) is 1. The largest absolute Gasteiger partial charge is 0.508 e. The van der Waals surface area contributed by atoms with Crippen LogP contribution in [0, 0.1) is 0 Å². The first kappa shape index (κ1) is 29.0. The first-order chi connectivity index (χ1) is 17.4. The van der Waals surface area contributed by atoms with Gasteiger partial charge in [-0.2, -0.15) is 0 Å². The van der Waals surface area contributed by atoms with E-state index in [1.807, 2.05) is 0 Å². The highest BCUT2D eigenvalue weighted by molar-refractivity contribution is 5.95. The van der Waals surface area contributed by atoms with E-state index in [4.69, 9.17) is 16.6 Å². The summed E-state index contributed by atoms with van der Waals surface area (Å²) in [4.78, 5) is 73.6. The molecule has 4 unspecified atom stereocenters. The molecule has 0 radical (unpaired) electrons. The maximum Gasteiger partial charge on any atom is 0.326 e. The second kappa shape index (κ2) is 13.2. The number of phenolic OH excluding ortho intramolecular Hbond substituents is 1. The highest BCUT2D eigenvalue weighted by Crippen LogP contribution is 2.21. The van der Waals surface area contributed by atoms with Crippen molar-refractivity contribution < 1.29 is 44.1 Å². The number of aromatic hydroxyl groups is 1. The molecule has 1 aromatic carbocycles. The van der Waals surface area contributed by atoms with Crippen LogP contribution in [-0.2, 0) is 35.2 Å². The number of nitrogens with zero attached hydrogens (tertiary/aromatic N) is 1. The van der Waals surface area contributed by atoms with Crippen molar-refractivity contribution in [3.05, 3.63) is 29.8 Å². The number of hydrogen-bond acceptors (Lipinski definition) is 8. The Bertz CT molecular complexity index is 1030. The molecular formula is C23H31N5O9. The van der Waals surface area contributed by atoms with Crippen molar-refractivity contribution in [3.8, 4) is 5.75 Å². The Morgan fingerprint density at radius 3 is 2.24 bits per heavy atom. The van der Waals surface area contributed by atoms with E-state index in [1.165, 1.54) is 17.0 Å². The second-order valence-corrected chi connectivity index (χ2v) is 8.73. The lowest BCUT2D eigenvalue weighted by Crippen LogP contribution is -2.57. The number of benzene rings is 1. The van der Waals surface area contributed by atoms with Crippen molar-refractivity contribution in [2.45, 2.75) is 62.7 Å². The van der Waals surface area contributed by atoms with Gasteiger partial charge in [0, 0.05) is 19.4 Å². The third-order valence-corrected chi connectivity index (χ3v) is 5.85. The number of rotatable bonds is 13. The van der Waals surface area contributed by atoms with Gasteiger partial charge in [-0.25, -0.2) is 4.79 Å². The van der Waals surface area contributed by atoms with Crippen molar-refractivity contribution in [1.29, 1.82) is 0 Å². The first-order valence-electron chi connectivity index (χ1n) is 11.6. The molecule has 0 spiro atoms. The molecule has 2 rings (SSSR count). The van der Waals surface area contributed by atoms with E-state index >= 15 is 0 Å². The van der Waals surface area contributed by atoms with Gasteiger partial charge in [0.25, 0.3) is 0 Å². The fourth-order valence-electron chi connectivity index (χ4n) is 3.95. The van der Waals surface area contributed by atoms with E-state index in [0.717, 1.165) is 0 Å². The summed E-state index contributed by atoms with van der Waals surface area (Å²) < 4.78 is 0. The van der Waals surface area contributed by atoms with Crippen molar-refractivity contribution in [2.24, 2.45) is 11.5 Å². The Labute approximate surface area is 212 Å². The van der Waals surface area contributed by atoms with E-state index in [2.05, 4.69) is 10.6 Å². The summed E-state index contributed by atoms with van der Waals surface area (Å²) in [6.07, 6.45) is -0.643. The molecule has 1 saturated heterocycles. The molecule has 0 aliphatic carbocycles. The van der Waals surface area contributed by atoms with Crippen molar-refractivity contribution >= 4 is 35.6 Å². The van der Waals surface area contributed by atoms with Gasteiger partial charge >= 0.3 is 11.9 Å². The predicted octanol–water partition coefficient (Wildman–Crippen LogP) is -1.95. The molecule has 1 aliphatic heterocycles. The van der Waals surface area contributed by atoms with E-state index in [0.29, 0.717) is 12.0 Å². The average Bonchev–Trinajstić information content (AvgIpc) is 3.31. The van der Waals surface area contributed by atoms with Crippen LogP contribution in [0.5, 0.6) is 5.75 Å². The molecule has 1 heterocycles. The Morgan fingerprint density at radius 1 is 1.03 bits per heavy atom. The van der Waals surface area contributed by atoms with Crippen LogP contribution in [0.15, 0.2) is 24.3 Å². The van der Waals surface area contributed by atoms with E-state index in [9.17, 15) is 39.0 Å². The number of amides is 4. The Morgan fingerprint density at radius 2 is 1.68 bits per heavy atom.